The molecule has 1 heterocycles. The molecule has 2 aromatic rings. The summed E-state index contributed by atoms with van der Waals surface area (Å²) in [6, 6.07) is 9.43. The standard InChI is InChI=1S/C15H15ClN2O4/c1-15(13(19)20,12-6-3-7-22-12)18-14(21)17-9-10-4-2-5-11(16)8-10/h2-8H,9H2,1H3,(H,19,20)(H2,17,18,21)/t15-/m1/s1. The highest BCUT2D eigenvalue weighted by Crippen LogP contribution is 2.21. The number of halogens is 1. The Balaban J connectivity index is 2.02. The first-order valence-corrected chi connectivity index (χ1v) is 6.87. The van der Waals surface area contributed by atoms with Crippen LogP contribution in [0, 0.1) is 0 Å². The maximum atomic E-state index is 12.0. The van der Waals surface area contributed by atoms with E-state index in [0.717, 1.165) is 5.56 Å². The van der Waals surface area contributed by atoms with Crippen molar-refractivity contribution >= 4 is 23.6 Å². The number of aliphatic carboxylic acids is 1. The molecule has 22 heavy (non-hydrogen) atoms. The Morgan fingerprint density at radius 1 is 1.32 bits per heavy atom. The Bertz CT molecular complexity index is 672. The van der Waals surface area contributed by atoms with E-state index in [1.54, 1.807) is 30.3 Å². The molecule has 0 aliphatic carbocycles. The number of furan rings is 1. The molecular formula is C15H15ClN2O4. The first-order valence-electron chi connectivity index (χ1n) is 6.49. The van der Waals surface area contributed by atoms with E-state index in [2.05, 4.69) is 10.6 Å². The number of amides is 2. The van der Waals surface area contributed by atoms with Crippen LogP contribution >= 0.6 is 11.6 Å². The van der Waals surface area contributed by atoms with Crippen molar-refractivity contribution in [3.8, 4) is 0 Å². The molecule has 7 heteroatoms. The van der Waals surface area contributed by atoms with E-state index in [1.165, 1.54) is 19.3 Å². The highest BCUT2D eigenvalue weighted by Gasteiger charge is 2.39. The summed E-state index contributed by atoms with van der Waals surface area (Å²) in [5, 5.41) is 14.9. The Labute approximate surface area is 132 Å². The number of hydrogen-bond donors (Lipinski definition) is 3. The van der Waals surface area contributed by atoms with Crippen LogP contribution < -0.4 is 10.6 Å². The van der Waals surface area contributed by atoms with E-state index >= 15 is 0 Å². The van der Waals surface area contributed by atoms with E-state index in [0.29, 0.717) is 5.02 Å². The summed E-state index contributed by atoms with van der Waals surface area (Å²) >= 11 is 5.86. The van der Waals surface area contributed by atoms with Gasteiger partial charge in [-0.15, -0.1) is 0 Å². The van der Waals surface area contributed by atoms with Gasteiger partial charge in [-0.2, -0.15) is 0 Å². The van der Waals surface area contributed by atoms with Gasteiger partial charge in [-0.1, -0.05) is 23.7 Å². The van der Waals surface area contributed by atoms with Crippen LogP contribution in [0.2, 0.25) is 5.02 Å². The van der Waals surface area contributed by atoms with Gasteiger partial charge in [0.15, 0.2) is 5.54 Å². The minimum Gasteiger partial charge on any atom is -0.479 e. The first kappa shape index (κ1) is 15.9. The molecular weight excluding hydrogens is 308 g/mol. The molecule has 0 radical (unpaired) electrons. The SMILES string of the molecule is C[C@](NC(=O)NCc1cccc(Cl)c1)(C(=O)O)c1ccco1. The second-order valence-electron chi connectivity index (χ2n) is 4.85. The molecule has 1 atom stereocenters. The summed E-state index contributed by atoms with van der Waals surface area (Å²) < 4.78 is 5.10. The van der Waals surface area contributed by atoms with Crippen LogP contribution in [0.4, 0.5) is 4.79 Å². The maximum absolute atomic E-state index is 12.0. The molecule has 0 aliphatic rings. The van der Waals surface area contributed by atoms with Crippen molar-refractivity contribution in [2.75, 3.05) is 0 Å². The number of carboxylic acid groups (broad SMARTS) is 1. The lowest BCUT2D eigenvalue weighted by atomic mass is 9.99. The van der Waals surface area contributed by atoms with Gasteiger partial charge in [0.1, 0.15) is 5.76 Å². The Hall–Kier alpha value is -2.47. The number of nitrogens with one attached hydrogen (secondary N) is 2. The fraction of sp³-hybridized carbons (Fsp3) is 0.200. The van der Waals surface area contributed by atoms with Gasteiger partial charge in [-0.3, -0.25) is 0 Å². The zero-order valence-electron chi connectivity index (χ0n) is 11.8. The first-order chi connectivity index (χ1) is 10.4. The van der Waals surface area contributed by atoms with E-state index < -0.39 is 17.5 Å². The van der Waals surface area contributed by atoms with Crippen LogP contribution in [0.3, 0.4) is 0 Å². The van der Waals surface area contributed by atoms with Gasteiger partial charge in [0.25, 0.3) is 0 Å². The summed E-state index contributed by atoms with van der Waals surface area (Å²) in [4.78, 5) is 23.4. The second-order valence-corrected chi connectivity index (χ2v) is 5.28. The van der Waals surface area contributed by atoms with Gasteiger partial charge < -0.3 is 20.2 Å². The normalized spacial score (nSPS) is 13.2. The van der Waals surface area contributed by atoms with Gasteiger partial charge in [0.2, 0.25) is 0 Å². The smallest absolute Gasteiger partial charge is 0.337 e. The van der Waals surface area contributed by atoms with E-state index in [-0.39, 0.29) is 12.3 Å². The number of carbonyl (C=O) groups is 2. The zero-order valence-corrected chi connectivity index (χ0v) is 12.6. The molecule has 1 aromatic heterocycles. The third-order valence-corrected chi connectivity index (χ3v) is 3.38. The predicted molar refractivity (Wildman–Crippen MR) is 80.5 cm³/mol. The molecule has 0 unspecified atom stereocenters. The summed E-state index contributed by atoms with van der Waals surface area (Å²) in [5.41, 5.74) is -0.847. The summed E-state index contributed by atoms with van der Waals surface area (Å²) in [6.45, 7) is 1.58. The van der Waals surface area contributed by atoms with Crippen LogP contribution in [0.15, 0.2) is 47.1 Å². The minimum atomic E-state index is -1.65. The number of carboxylic acids is 1. The molecule has 2 amide bonds. The van der Waals surface area contributed by atoms with Crippen molar-refractivity contribution < 1.29 is 19.1 Å². The lowest BCUT2D eigenvalue weighted by molar-refractivity contribution is -0.144. The highest BCUT2D eigenvalue weighted by atomic mass is 35.5. The van der Waals surface area contributed by atoms with Crippen molar-refractivity contribution in [1.82, 2.24) is 10.6 Å². The minimum absolute atomic E-state index is 0.137. The van der Waals surface area contributed by atoms with Gasteiger partial charge >= 0.3 is 12.0 Å². The van der Waals surface area contributed by atoms with Crippen molar-refractivity contribution in [2.24, 2.45) is 0 Å². The monoisotopic (exact) mass is 322 g/mol. The van der Waals surface area contributed by atoms with E-state index in [1.807, 2.05) is 0 Å². The van der Waals surface area contributed by atoms with Crippen LogP contribution in [0.1, 0.15) is 18.2 Å². The largest absolute Gasteiger partial charge is 0.479 e. The molecule has 1 aromatic carbocycles. The van der Waals surface area contributed by atoms with Crippen LogP contribution in [0.25, 0.3) is 0 Å². The fourth-order valence-corrected chi connectivity index (χ4v) is 2.10. The third-order valence-electron chi connectivity index (χ3n) is 3.15. The Morgan fingerprint density at radius 3 is 2.68 bits per heavy atom. The van der Waals surface area contributed by atoms with Crippen LogP contribution in [-0.4, -0.2) is 17.1 Å². The third kappa shape index (κ3) is 3.59. The van der Waals surface area contributed by atoms with Gasteiger partial charge in [0, 0.05) is 11.6 Å². The van der Waals surface area contributed by atoms with Crippen LogP contribution in [0.5, 0.6) is 0 Å². The molecule has 0 spiro atoms. The molecule has 0 aliphatic heterocycles. The summed E-state index contributed by atoms with van der Waals surface area (Å²) in [7, 11) is 0. The van der Waals surface area contributed by atoms with E-state index in [9.17, 15) is 14.7 Å². The molecule has 0 saturated heterocycles. The van der Waals surface area contributed by atoms with Crippen molar-refractivity contribution in [3.63, 3.8) is 0 Å². The second kappa shape index (κ2) is 6.53. The zero-order chi connectivity index (χ0) is 16.2. The molecule has 6 nitrogen and oxygen atoms in total. The number of benzene rings is 1. The Kier molecular flexibility index (Phi) is 4.72. The maximum Gasteiger partial charge on any atom is 0.337 e. The average Bonchev–Trinajstić information content (AvgIpc) is 2.99. The molecule has 0 fully saturated rings. The van der Waals surface area contributed by atoms with Crippen molar-refractivity contribution in [1.29, 1.82) is 0 Å². The molecule has 0 saturated carbocycles. The predicted octanol–water partition coefficient (Wildman–Crippen LogP) is 2.73. The molecule has 3 N–H and O–H groups in total. The lowest BCUT2D eigenvalue weighted by Crippen LogP contribution is -2.52. The Morgan fingerprint density at radius 2 is 2.09 bits per heavy atom. The van der Waals surface area contributed by atoms with Crippen molar-refractivity contribution in [3.05, 3.63) is 59.0 Å². The van der Waals surface area contributed by atoms with Gasteiger partial charge in [-0.05, 0) is 36.8 Å². The summed E-state index contributed by atoms with van der Waals surface area (Å²) in [6.07, 6.45) is 1.35. The highest BCUT2D eigenvalue weighted by molar-refractivity contribution is 6.30. The van der Waals surface area contributed by atoms with Gasteiger partial charge in [0.05, 0.1) is 6.26 Å². The number of urea groups is 1. The average molecular weight is 323 g/mol. The number of hydrogen-bond acceptors (Lipinski definition) is 3. The molecule has 2 rings (SSSR count). The summed E-state index contributed by atoms with van der Waals surface area (Å²) in [5.74, 6) is -1.08. The van der Waals surface area contributed by atoms with Crippen molar-refractivity contribution in [2.45, 2.75) is 19.0 Å². The number of rotatable bonds is 5. The lowest BCUT2D eigenvalue weighted by Gasteiger charge is -2.24. The topological polar surface area (TPSA) is 91.6 Å². The van der Waals surface area contributed by atoms with Gasteiger partial charge in [-0.25, -0.2) is 9.59 Å². The molecule has 116 valence electrons. The quantitative estimate of drug-likeness (QED) is 0.789. The number of carbonyl (C=O) groups excluding carboxylic acids is 1. The van der Waals surface area contributed by atoms with E-state index in [4.69, 9.17) is 16.0 Å². The van der Waals surface area contributed by atoms with Crippen LogP contribution in [-0.2, 0) is 16.9 Å². The fourth-order valence-electron chi connectivity index (χ4n) is 1.88. The molecule has 0 bridgehead atoms.